The van der Waals surface area contributed by atoms with Gasteiger partial charge in [0.25, 0.3) is 0 Å². The van der Waals surface area contributed by atoms with Crippen molar-refractivity contribution < 1.29 is 14.6 Å². The summed E-state index contributed by atoms with van der Waals surface area (Å²) in [6.45, 7) is 0.282. The Bertz CT molecular complexity index is 478. The van der Waals surface area contributed by atoms with Gasteiger partial charge >= 0.3 is 5.97 Å². The fourth-order valence-corrected chi connectivity index (χ4v) is 3.64. The number of piperidine rings is 1. The van der Waals surface area contributed by atoms with Crippen LogP contribution in [-0.4, -0.2) is 48.3 Å². The van der Waals surface area contributed by atoms with Gasteiger partial charge in [0.05, 0.1) is 13.2 Å². The summed E-state index contributed by atoms with van der Waals surface area (Å²) < 4.78 is 5.48. The summed E-state index contributed by atoms with van der Waals surface area (Å²) in [6, 6.07) is 10.7. The van der Waals surface area contributed by atoms with Gasteiger partial charge in [-0.1, -0.05) is 30.3 Å². The van der Waals surface area contributed by atoms with E-state index in [2.05, 4.69) is 11.9 Å². The number of aliphatic hydroxyl groups is 1. The molecule has 4 rings (SSSR count). The smallest absolute Gasteiger partial charge is 0.315 e. The number of benzene rings is 1. The SMILES string of the molecule is CN1[C@@H]2CC(COC(=O)[C@@H](CO)c3ccccc3)C[C@H]1C2. The quantitative estimate of drug-likeness (QED) is 0.840. The molecular formula is C17H23NO3. The number of carbonyl (C=O) groups excluding carboxylic acids is 1. The maximum atomic E-state index is 12.2. The summed E-state index contributed by atoms with van der Waals surface area (Å²) in [5.74, 6) is -0.396. The molecule has 2 aliphatic heterocycles. The van der Waals surface area contributed by atoms with Crippen molar-refractivity contribution in [1.82, 2.24) is 4.90 Å². The van der Waals surface area contributed by atoms with Crippen LogP contribution >= 0.6 is 0 Å². The molecule has 1 unspecified atom stereocenters. The van der Waals surface area contributed by atoms with Gasteiger partial charge in [0.15, 0.2) is 0 Å². The number of carbonyl (C=O) groups is 1. The van der Waals surface area contributed by atoms with Crippen molar-refractivity contribution in [2.75, 3.05) is 20.3 Å². The molecule has 3 aliphatic rings. The molecule has 4 heteroatoms. The fraction of sp³-hybridized carbons (Fsp3) is 0.588. The summed E-state index contributed by atoms with van der Waals surface area (Å²) in [5.41, 5.74) is 0.816. The molecule has 114 valence electrons. The van der Waals surface area contributed by atoms with Crippen LogP contribution in [0.5, 0.6) is 0 Å². The van der Waals surface area contributed by atoms with E-state index in [4.69, 9.17) is 4.74 Å². The topological polar surface area (TPSA) is 49.8 Å². The minimum atomic E-state index is -0.563. The molecule has 0 spiro atoms. The number of esters is 1. The average molecular weight is 289 g/mol. The normalized spacial score (nSPS) is 29.5. The first-order chi connectivity index (χ1) is 10.2. The highest BCUT2D eigenvalue weighted by Gasteiger charge is 2.43. The molecule has 0 radical (unpaired) electrons. The van der Waals surface area contributed by atoms with Crippen LogP contribution in [0.25, 0.3) is 0 Å². The molecule has 4 atom stereocenters. The highest BCUT2D eigenvalue weighted by Crippen LogP contribution is 2.40. The van der Waals surface area contributed by atoms with Crippen molar-refractivity contribution in [3.05, 3.63) is 35.9 Å². The molecule has 1 saturated carbocycles. The van der Waals surface area contributed by atoms with Crippen LogP contribution in [0.3, 0.4) is 0 Å². The monoisotopic (exact) mass is 289 g/mol. The maximum absolute atomic E-state index is 12.2. The van der Waals surface area contributed by atoms with E-state index in [0.29, 0.717) is 24.6 Å². The van der Waals surface area contributed by atoms with Crippen molar-refractivity contribution in [3.8, 4) is 0 Å². The molecule has 2 heterocycles. The first-order valence-electron chi connectivity index (χ1n) is 7.73. The van der Waals surface area contributed by atoms with Crippen molar-refractivity contribution >= 4 is 5.97 Å². The number of hydrogen-bond donors (Lipinski definition) is 1. The summed E-state index contributed by atoms with van der Waals surface area (Å²) in [4.78, 5) is 14.6. The predicted molar refractivity (Wildman–Crippen MR) is 79.9 cm³/mol. The van der Waals surface area contributed by atoms with Gasteiger partial charge < -0.3 is 14.7 Å². The standard InChI is InChI=1S/C17H23NO3/c1-18-14-7-12(8-15(18)9-14)11-21-17(20)16(10-19)13-5-3-2-4-6-13/h2-6,12,14-16,19H,7-11H2,1H3/t12?,14-,15+,16-/m0/s1. The van der Waals surface area contributed by atoms with Gasteiger partial charge in [0, 0.05) is 12.1 Å². The van der Waals surface area contributed by atoms with Gasteiger partial charge in [-0.25, -0.2) is 0 Å². The van der Waals surface area contributed by atoms with Gasteiger partial charge in [0.2, 0.25) is 0 Å². The first-order valence-corrected chi connectivity index (χ1v) is 7.73. The Morgan fingerprint density at radius 2 is 1.95 bits per heavy atom. The third kappa shape index (κ3) is 2.97. The lowest BCUT2D eigenvalue weighted by atomic mass is 9.74. The zero-order valence-corrected chi connectivity index (χ0v) is 12.4. The lowest BCUT2D eigenvalue weighted by Crippen LogP contribution is -2.59. The molecule has 1 aromatic carbocycles. The summed E-state index contributed by atoms with van der Waals surface area (Å²) >= 11 is 0. The van der Waals surface area contributed by atoms with E-state index >= 15 is 0 Å². The third-order valence-electron chi connectivity index (χ3n) is 5.04. The van der Waals surface area contributed by atoms with Crippen molar-refractivity contribution in [1.29, 1.82) is 0 Å². The van der Waals surface area contributed by atoms with E-state index in [1.807, 2.05) is 30.3 Å². The van der Waals surface area contributed by atoms with Crippen LogP contribution in [0.4, 0.5) is 0 Å². The summed E-state index contributed by atoms with van der Waals surface area (Å²) in [6.07, 6.45) is 3.54. The van der Waals surface area contributed by atoms with Gasteiger partial charge in [-0.3, -0.25) is 4.79 Å². The minimum absolute atomic E-state index is 0.207. The molecule has 4 nitrogen and oxygen atoms in total. The van der Waals surface area contributed by atoms with E-state index in [0.717, 1.165) is 18.4 Å². The van der Waals surface area contributed by atoms with Crippen LogP contribution < -0.4 is 0 Å². The summed E-state index contributed by atoms with van der Waals surface area (Å²) in [5, 5.41) is 9.46. The molecule has 2 saturated heterocycles. The second-order valence-electron chi connectivity index (χ2n) is 6.32. The minimum Gasteiger partial charge on any atom is -0.465 e. The number of rotatable bonds is 5. The second kappa shape index (κ2) is 6.16. The number of aliphatic hydroxyl groups excluding tert-OH is 1. The van der Waals surface area contributed by atoms with E-state index in [1.54, 1.807) is 0 Å². The van der Waals surface area contributed by atoms with Crippen LogP contribution in [0.1, 0.15) is 30.7 Å². The van der Waals surface area contributed by atoms with Crippen molar-refractivity contribution in [2.24, 2.45) is 5.92 Å². The fourth-order valence-electron chi connectivity index (χ4n) is 3.64. The second-order valence-corrected chi connectivity index (χ2v) is 6.32. The Balaban J connectivity index is 1.52. The van der Waals surface area contributed by atoms with Crippen LogP contribution in [0.15, 0.2) is 30.3 Å². The van der Waals surface area contributed by atoms with Gasteiger partial charge in [-0.15, -0.1) is 0 Å². The Kier molecular flexibility index (Phi) is 4.27. The van der Waals surface area contributed by atoms with E-state index in [-0.39, 0.29) is 12.6 Å². The molecule has 3 fully saturated rings. The van der Waals surface area contributed by atoms with Crippen molar-refractivity contribution in [2.45, 2.75) is 37.3 Å². The average Bonchev–Trinajstić information content (AvgIpc) is 2.54. The highest BCUT2D eigenvalue weighted by atomic mass is 16.5. The van der Waals surface area contributed by atoms with E-state index in [9.17, 15) is 9.90 Å². The number of hydrogen-bond acceptors (Lipinski definition) is 4. The Labute approximate surface area is 125 Å². The third-order valence-corrected chi connectivity index (χ3v) is 5.04. The van der Waals surface area contributed by atoms with Gasteiger partial charge in [0.1, 0.15) is 5.92 Å². The van der Waals surface area contributed by atoms with Crippen LogP contribution in [-0.2, 0) is 9.53 Å². The zero-order valence-electron chi connectivity index (χ0n) is 12.4. The van der Waals surface area contributed by atoms with Gasteiger partial charge in [-0.2, -0.15) is 0 Å². The van der Waals surface area contributed by atoms with Crippen LogP contribution in [0, 0.1) is 5.92 Å². The van der Waals surface area contributed by atoms with Crippen LogP contribution in [0.2, 0.25) is 0 Å². The van der Waals surface area contributed by atoms with Crippen molar-refractivity contribution in [3.63, 3.8) is 0 Å². The van der Waals surface area contributed by atoms with E-state index in [1.165, 1.54) is 6.42 Å². The molecule has 1 N–H and O–H groups in total. The summed E-state index contributed by atoms with van der Waals surface area (Å²) in [7, 11) is 2.18. The molecule has 2 bridgehead atoms. The lowest BCUT2D eigenvalue weighted by molar-refractivity contribution is -0.150. The molecule has 21 heavy (non-hydrogen) atoms. The zero-order chi connectivity index (χ0) is 14.8. The maximum Gasteiger partial charge on any atom is 0.315 e. The Hall–Kier alpha value is -1.39. The Morgan fingerprint density at radius 3 is 2.52 bits per heavy atom. The predicted octanol–water partition coefficient (Wildman–Crippen LogP) is 1.79. The van der Waals surface area contributed by atoms with E-state index < -0.39 is 5.92 Å². The number of nitrogens with zero attached hydrogens (tertiary/aromatic N) is 1. The Morgan fingerprint density at radius 1 is 1.29 bits per heavy atom. The lowest BCUT2D eigenvalue weighted by Gasteiger charge is -2.53. The first kappa shape index (κ1) is 14.5. The van der Waals surface area contributed by atoms with Gasteiger partial charge in [-0.05, 0) is 37.8 Å². The molecular weight excluding hydrogens is 266 g/mol. The molecule has 1 aromatic rings. The number of fused-ring (bicyclic) bond motifs is 2. The molecule has 0 aromatic heterocycles. The molecule has 1 aliphatic carbocycles. The molecule has 0 amide bonds. The largest absolute Gasteiger partial charge is 0.465 e. The highest BCUT2D eigenvalue weighted by molar-refractivity contribution is 5.78. The number of ether oxygens (including phenoxy) is 1.